The molecular weight excluding hydrogens is 214 g/mol. The molecule has 1 aromatic carbocycles. The largest absolute Gasteiger partial charge is 0.407 e. The second-order valence-corrected chi connectivity index (χ2v) is 4.68. The van der Waals surface area contributed by atoms with Gasteiger partial charge < -0.3 is 4.74 Å². The number of cyclic esters (lactones) is 1. The van der Waals surface area contributed by atoms with E-state index in [1.54, 1.807) is 0 Å². The molecule has 0 radical (unpaired) electrons. The van der Waals surface area contributed by atoms with E-state index in [4.69, 9.17) is 4.74 Å². The summed E-state index contributed by atoms with van der Waals surface area (Å²) in [6.45, 7) is 0. The number of carbonyl (C=O) groups is 1. The molecule has 1 aliphatic carbocycles. The number of esters is 1. The zero-order valence-corrected chi connectivity index (χ0v) is 9.63. The summed E-state index contributed by atoms with van der Waals surface area (Å²) in [7, 11) is 0. The minimum atomic E-state index is -0.0939. The Bertz CT molecular complexity index is 453. The van der Waals surface area contributed by atoms with Crippen LogP contribution in [0.25, 0.3) is 0 Å². The standard InChI is InChI=1S/C14H15NO2/c16-14-11-8-4-5-9-12(11)15-13(17-14)10-6-2-1-3-7-10/h1-3,6-7,11-12H,4-5,8-9H2/t11-,12-/m0/s1. The Morgan fingerprint density at radius 2 is 1.88 bits per heavy atom. The van der Waals surface area contributed by atoms with Crippen molar-refractivity contribution in [1.29, 1.82) is 0 Å². The van der Waals surface area contributed by atoms with Gasteiger partial charge in [0.2, 0.25) is 5.90 Å². The van der Waals surface area contributed by atoms with Crippen LogP contribution >= 0.6 is 0 Å². The molecule has 0 spiro atoms. The zero-order valence-electron chi connectivity index (χ0n) is 9.63. The predicted molar refractivity (Wildman–Crippen MR) is 64.8 cm³/mol. The van der Waals surface area contributed by atoms with Gasteiger partial charge in [-0.1, -0.05) is 31.0 Å². The summed E-state index contributed by atoms with van der Waals surface area (Å²) in [6.07, 6.45) is 4.22. The lowest BCUT2D eigenvalue weighted by Gasteiger charge is -2.31. The minimum Gasteiger partial charge on any atom is -0.407 e. The fourth-order valence-corrected chi connectivity index (χ4v) is 2.60. The molecule has 0 saturated heterocycles. The van der Waals surface area contributed by atoms with Crippen molar-refractivity contribution in [3.63, 3.8) is 0 Å². The minimum absolute atomic E-state index is 0.00351. The Morgan fingerprint density at radius 3 is 2.71 bits per heavy atom. The molecule has 0 amide bonds. The molecule has 1 saturated carbocycles. The molecule has 0 aromatic heterocycles. The number of hydrogen-bond acceptors (Lipinski definition) is 3. The van der Waals surface area contributed by atoms with Gasteiger partial charge in [0.05, 0.1) is 12.0 Å². The number of nitrogens with zero attached hydrogens (tertiary/aromatic N) is 1. The van der Waals surface area contributed by atoms with Crippen LogP contribution in [0.3, 0.4) is 0 Å². The molecule has 0 N–H and O–H groups in total. The third kappa shape index (κ3) is 1.97. The van der Waals surface area contributed by atoms with Crippen molar-refractivity contribution in [2.75, 3.05) is 0 Å². The quantitative estimate of drug-likeness (QED) is 0.694. The van der Waals surface area contributed by atoms with Crippen LogP contribution < -0.4 is 0 Å². The van der Waals surface area contributed by atoms with Gasteiger partial charge in [0.25, 0.3) is 0 Å². The van der Waals surface area contributed by atoms with Crippen LogP contribution in [0.15, 0.2) is 35.3 Å². The van der Waals surface area contributed by atoms with E-state index in [0.29, 0.717) is 5.90 Å². The van der Waals surface area contributed by atoms with Crippen molar-refractivity contribution >= 4 is 11.9 Å². The van der Waals surface area contributed by atoms with Crippen molar-refractivity contribution in [2.45, 2.75) is 31.7 Å². The number of benzene rings is 1. The van der Waals surface area contributed by atoms with Crippen LogP contribution in [0.1, 0.15) is 31.2 Å². The molecule has 3 rings (SSSR count). The average Bonchev–Trinajstić information content (AvgIpc) is 2.40. The van der Waals surface area contributed by atoms with Gasteiger partial charge in [0.15, 0.2) is 0 Å². The van der Waals surface area contributed by atoms with Crippen LogP contribution in [0.4, 0.5) is 0 Å². The highest BCUT2D eigenvalue weighted by Crippen LogP contribution is 2.31. The van der Waals surface area contributed by atoms with Gasteiger partial charge >= 0.3 is 5.97 Å². The second kappa shape index (κ2) is 4.32. The lowest BCUT2D eigenvalue weighted by Crippen LogP contribution is -2.38. The molecule has 1 heterocycles. The topological polar surface area (TPSA) is 38.7 Å². The molecule has 88 valence electrons. The lowest BCUT2D eigenvalue weighted by atomic mass is 9.84. The SMILES string of the molecule is O=C1OC(c2ccccc2)=N[C@H]2CCCC[C@H]12. The summed E-state index contributed by atoms with van der Waals surface area (Å²) >= 11 is 0. The molecule has 1 aliphatic heterocycles. The molecule has 17 heavy (non-hydrogen) atoms. The van der Waals surface area contributed by atoms with Gasteiger partial charge in [0.1, 0.15) is 0 Å². The van der Waals surface area contributed by atoms with Crippen molar-refractivity contribution < 1.29 is 9.53 Å². The van der Waals surface area contributed by atoms with E-state index in [2.05, 4.69) is 4.99 Å². The van der Waals surface area contributed by atoms with Crippen LogP contribution in [0.5, 0.6) is 0 Å². The Kier molecular flexibility index (Phi) is 2.67. The number of fused-ring (bicyclic) bond motifs is 1. The highest BCUT2D eigenvalue weighted by molar-refractivity contribution is 6.02. The van der Waals surface area contributed by atoms with E-state index >= 15 is 0 Å². The molecule has 2 aliphatic rings. The Morgan fingerprint density at radius 1 is 1.12 bits per heavy atom. The zero-order chi connectivity index (χ0) is 11.7. The third-order valence-corrected chi connectivity index (χ3v) is 3.53. The van der Waals surface area contributed by atoms with Gasteiger partial charge in [-0.05, 0) is 25.0 Å². The maximum atomic E-state index is 11.9. The molecular formula is C14H15NO2. The molecule has 1 fully saturated rings. The second-order valence-electron chi connectivity index (χ2n) is 4.68. The van der Waals surface area contributed by atoms with Crippen molar-refractivity contribution in [3.8, 4) is 0 Å². The fourth-order valence-electron chi connectivity index (χ4n) is 2.60. The Balaban J connectivity index is 1.92. The van der Waals surface area contributed by atoms with Gasteiger partial charge in [-0.25, -0.2) is 4.99 Å². The molecule has 0 unspecified atom stereocenters. The summed E-state index contributed by atoms with van der Waals surface area (Å²) in [5.41, 5.74) is 0.893. The first kappa shape index (κ1) is 10.5. The van der Waals surface area contributed by atoms with Gasteiger partial charge in [-0.3, -0.25) is 4.79 Å². The highest BCUT2D eigenvalue weighted by atomic mass is 16.5. The highest BCUT2D eigenvalue weighted by Gasteiger charge is 2.36. The van der Waals surface area contributed by atoms with Crippen LogP contribution in [0.2, 0.25) is 0 Å². The summed E-state index contributed by atoms with van der Waals surface area (Å²) < 4.78 is 5.35. The number of hydrogen-bond donors (Lipinski definition) is 0. The first-order valence-corrected chi connectivity index (χ1v) is 6.19. The smallest absolute Gasteiger partial charge is 0.317 e. The fraction of sp³-hybridized carbons (Fsp3) is 0.429. The van der Waals surface area contributed by atoms with E-state index in [9.17, 15) is 4.79 Å². The number of carbonyl (C=O) groups excluding carboxylic acids is 1. The molecule has 3 heteroatoms. The van der Waals surface area contributed by atoms with E-state index in [1.807, 2.05) is 30.3 Å². The van der Waals surface area contributed by atoms with Gasteiger partial charge in [-0.15, -0.1) is 0 Å². The number of aliphatic imine (C=N–C) groups is 1. The van der Waals surface area contributed by atoms with Crippen LogP contribution in [-0.2, 0) is 9.53 Å². The van der Waals surface area contributed by atoms with Crippen LogP contribution in [0, 0.1) is 5.92 Å². The van der Waals surface area contributed by atoms with E-state index in [1.165, 1.54) is 6.42 Å². The Hall–Kier alpha value is -1.64. The lowest BCUT2D eigenvalue weighted by molar-refractivity contribution is -0.143. The number of ether oxygens (including phenoxy) is 1. The first-order valence-electron chi connectivity index (χ1n) is 6.19. The molecule has 0 bridgehead atoms. The average molecular weight is 229 g/mol. The summed E-state index contributed by atoms with van der Waals surface area (Å²) in [4.78, 5) is 16.5. The molecule has 3 nitrogen and oxygen atoms in total. The van der Waals surface area contributed by atoms with E-state index < -0.39 is 0 Å². The van der Waals surface area contributed by atoms with Crippen LogP contribution in [-0.4, -0.2) is 17.9 Å². The third-order valence-electron chi connectivity index (χ3n) is 3.53. The molecule has 1 aromatic rings. The van der Waals surface area contributed by atoms with E-state index in [0.717, 1.165) is 24.8 Å². The maximum absolute atomic E-state index is 11.9. The van der Waals surface area contributed by atoms with Gasteiger partial charge in [-0.2, -0.15) is 0 Å². The van der Waals surface area contributed by atoms with Crippen molar-refractivity contribution in [3.05, 3.63) is 35.9 Å². The van der Waals surface area contributed by atoms with Crippen molar-refractivity contribution in [2.24, 2.45) is 10.9 Å². The summed E-state index contributed by atoms with van der Waals surface area (Å²) in [5, 5.41) is 0. The molecule has 2 atom stereocenters. The van der Waals surface area contributed by atoms with Crippen molar-refractivity contribution in [1.82, 2.24) is 0 Å². The summed E-state index contributed by atoms with van der Waals surface area (Å²) in [6, 6.07) is 9.79. The van der Waals surface area contributed by atoms with E-state index in [-0.39, 0.29) is 17.9 Å². The first-order chi connectivity index (χ1) is 8.34. The maximum Gasteiger partial charge on any atom is 0.317 e. The Labute approximate surface area is 101 Å². The normalized spacial score (nSPS) is 28.0. The predicted octanol–water partition coefficient (Wildman–Crippen LogP) is 2.55. The van der Waals surface area contributed by atoms with Gasteiger partial charge in [0, 0.05) is 5.56 Å². The monoisotopic (exact) mass is 229 g/mol. The number of rotatable bonds is 1. The summed E-state index contributed by atoms with van der Waals surface area (Å²) in [5.74, 6) is 0.401.